The van der Waals surface area contributed by atoms with Crippen LogP contribution in [0.2, 0.25) is 0 Å². The Bertz CT molecular complexity index is 525. The number of amides is 1. The summed E-state index contributed by atoms with van der Waals surface area (Å²) in [5.74, 6) is 0.593. The van der Waals surface area contributed by atoms with Crippen LogP contribution in [0, 0.1) is 17.2 Å². The van der Waals surface area contributed by atoms with Crippen molar-refractivity contribution >= 4 is 5.91 Å². The second-order valence-corrected chi connectivity index (χ2v) is 6.17. The normalized spacial score (nSPS) is 21.1. The number of aliphatic hydroxyl groups excluding tert-OH is 1. The number of rotatable bonds is 5. The van der Waals surface area contributed by atoms with E-state index in [1.807, 2.05) is 24.1 Å². The fourth-order valence-corrected chi connectivity index (χ4v) is 3.09. The summed E-state index contributed by atoms with van der Waals surface area (Å²) < 4.78 is 0. The average Bonchev–Trinajstić information content (AvgIpc) is 2.59. The van der Waals surface area contributed by atoms with E-state index in [9.17, 15) is 9.90 Å². The summed E-state index contributed by atoms with van der Waals surface area (Å²) in [5, 5.41) is 17.9. The Kier molecular flexibility index (Phi) is 5.97. The monoisotopic (exact) mass is 300 g/mol. The number of nitrogens with zero attached hydrogens (tertiary/aromatic N) is 2. The molecule has 0 aliphatic heterocycles. The quantitative estimate of drug-likeness (QED) is 0.908. The first-order valence-electron chi connectivity index (χ1n) is 7.99. The summed E-state index contributed by atoms with van der Waals surface area (Å²) in [7, 11) is 1.89. The van der Waals surface area contributed by atoms with Gasteiger partial charge in [0, 0.05) is 26.1 Å². The van der Waals surface area contributed by atoms with Crippen molar-refractivity contribution in [2.24, 2.45) is 5.92 Å². The highest BCUT2D eigenvalue weighted by molar-refractivity contribution is 5.76. The molecule has 4 heteroatoms. The molecule has 4 nitrogen and oxygen atoms in total. The minimum atomic E-state index is 0.178. The number of nitriles is 1. The average molecular weight is 300 g/mol. The highest BCUT2D eigenvalue weighted by atomic mass is 16.3. The van der Waals surface area contributed by atoms with E-state index in [0.29, 0.717) is 30.4 Å². The van der Waals surface area contributed by atoms with Gasteiger partial charge in [-0.15, -0.1) is 0 Å². The van der Waals surface area contributed by atoms with Gasteiger partial charge in [0.15, 0.2) is 0 Å². The smallest absolute Gasteiger partial charge is 0.222 e. The molecule has 1 amide bonds. The zero-order chi connectivity index (χ0) is 15.9. The number of aryl methyl sites for hydroxylation is 1. The van der Waals surface area contributed by atoms with Gasteiger partial charge in [-0.2, -0.15) is 5.26 Å². The predicted octanol–water partition coefficient (Wildman–Crippen LogP) is 2.50. The van der Waals surface area contributed by atoms with Gasteiger partial charge in [0.05, 0.1) is 11.6 Å². The number of hydrogen-bond acceptors (Lipinski definition) is 3. The molecule has 0 spiro atoms. The van der Waals surface area contributed by atoms with Crippen LogP contribution in [0.1, 0.15) is 43.2 Å². The second-order valence-electron chi connectivity index (χ2n) is 6.17. The summed E-state index contributed by atoms with van der Waals surface area (Å²) in [5.41, 5.74) is 1.73. The van der Waals surface area contributed by atoms with Crippen molar-refractivity contribution in [3.8, 4) is 6.07 Å². The van der Waals surface area contributed by atoms with Gasteiger partial charge < -0.3 is 10.0 Å². The Morgan fingerprint density at radius 1 is 1.27 bits per heavy atom. The molecule has 1 aliphatic rings. The number of benzene rings is 1. The highest BCUT2D eigenvalue weighted by Crippen LogP contribution is 2.27. The Morgan fingerprint density at radius 3 is 2.45 bits per heavy atom. The van der Waals surface area contributed by atoms with E-state index in [4.69, 9.17) is 5.26 Å². The Hall–Kier alpha value is -1.86. The number of carbonyl (C=O) groups is 1. The van der Waals surface area contributed by atoms with E-state index in [2.05, 4.69) is 6.07 Å². The Morgan fingerprint density at radius 2 is 1.91 bits per heavy atom. The summed E-state index contributed by atoms with van der Waals surface area (Å²) in [6, 6.07) is 9.82. The molecule has 0 bridgehead atoms. The van der Waals surface area contributed by atoms with Crippen LogP contribution < -0.4 is 0 Å². The molecule has 1 fully saturated rings. The molecule has 1 aromatic carbocycles. The SMILES string of the molecule is CN(C(=O)CCc1ccc(C#N)cc1)C1CCC(CO)CC1. The molecule has 118 valence electrons. The summed E-state index contributed by atoms with van der Waals surface area (Å²) >= 11 is 0. The summed E-state index contributed by atoms with van der Waals surface area (Å²) in [6.45, 7) is 0.267. The minimum Gasteiger partial charge on any atom is -0.396 e. The lowest BCUT2D eigenvalue weighted by Crippen LogP contribution is -2.39. The van der Waals surface area contributed by atoms with Gasteiger partial charge in [-0.25, -0.2) is 0 Å². The lowest BCUT2D eigenvalue weighted by Gasteiger charge is -2.34. The van der Waals surface area contributed by atoms with Gasteiger partial charge in [-0.1, -0.05) is 12.1 Å². The van der Waals surface area contributed by atoms with Crippen molar-refractivity contribution in [2.75, 3.05) is 13.7 Å². The second kappa shape index (κ2) is 7.95. The van der Waals surface area contributed by atoms with E-state index in [1.165, 1.54) is 0 Å². The van der Waals surface area contributed by atoms with Crippen molar-refractivity contribution in [3.63, 3.8) is 0 Å². The van der Waals surface area contributed by atoms with Gasteiger partial charge in [0.25, 0.3) is 0 Å². The van der Waals surface area contributed by atoms with E-state index in [-0.39, 0.29) is 12.5 Å². The van der Waals surface area contributed by atoms with E-state index in [0.717, 1.165) is 31.2 Å². The first-order valence-corrected chi connectivity index (χ1v) is 7.99. The Labute approximate surface area is 132 Å². The molecular formula is C18H24N2O2. The molecule has 0 radical (unpaired) electrons. The molecule has 22 heavy (non-hydrogen) atoms. The first kappa shape index (κ1) is 16.5. The number of hydrogen-bond donors (Lipinski definition) is 1. The fraction of sp³-hybridized carbons (Fsp3) is 0.556. The highest BCUT2D eigenvalue weighted by Gasteiger charge is 2.25. The van der Waals surface area contributed by atoms with Gasteiger partial charge in [-0.05, 0) is 55.7 Å². The topological polar surface area (TPSA) is 64.3 Å². The molecule has 0 heterocycles. The van der Waals surface area contributed by atoms with Gasteiger partial charge >= 0.3 is 0 Å². The molecule has 1 N–H and O–H groups in total. The van der Waals surface area contributed by atoms with Gasteiger partial charge in [0.2, 0.25) is 5.91 Å². The third-order valence-electron chi connectivity index (χ3n) is 4.73. The lowest BCUT2D eigenvalue weighted by atomic mass is 9.86. The van der Waals surface area contributed by atoms with Gasteiger partial charge in [-0.3, -0.25) is 4.79 Å². The third-order valence-corrected chi connectivity index (χ3v) is 4.73. The van der Waals surface area contributed by atoms with Crippen LogP contribution >= 0.6 is 0 Å². The van der Waals surface area contributed by atoms with Crippen molar-refractivity contribution in [2.45, 2.75) is 44.6 Å². The number of carbonyl (C=O) groups excluding carboxylic acids is 1. The zero-order valence-electron chi connectivity index (χ0n) is 13.2. The van der Waals surface area contributed by atoms with Crippen LogP contribution in [-0.4, -0.2) is 35.6 Å². The molecule has 1 saturated carbocycles. The molecule has 0 saturated heterocycles. The van der Waals surface area contributed by atoms with Crippen molar-refractivity contribution in [3.05, 3.63) is 35.4 Å². The third kappa shape index (κ3) is 4.32. The van der Waals surface area contributed by atoms with Crippen LogP contribution in [0.4, 0.5) is 0 Å². The predicted molar refractivity (Wildman–Crippen MR) is 85.1 cm³/mol. The lowest BCUT2D eigenvalue weighted by molar-refractivity contribution is -0.132. The molecule has 2 rings (SSSR count). The van der Waals surface area contributed by atoms with Crippen LogP contribution in [0.3, 0.4) is 0 Å². The maximum absolute atomic E-state index is 12.3. The van der Waals surface area contributed by atoms with E-state index >= 15 is 0 Å². The molecule has 1 aliphatic carbocycles. The molecule has 1 aromatic rings. The maximum atomic E-state index is 12.3. The van der Waals surface area contributed by atoms with Crippen LogP contribution in [0.5, 0.6) is 0 Å². The first-order chi connectivity index (χ1) is 10.6. The molecular weight excluding hydrogens is 276 g/mol. The van der Waals surface area contributed by atoms with Crippen molar-refractivity contribution in [1.29, 1.82) is 5.26 Å². The molecule has 0 aromatic heterocycles. The van der Waals surface area contributed by atoms with E-state index in [1.54, 1.807) is 12.1 Å². The zero-order valence-corrected chi connectivity index (χ0v) is 13.2. The summed E-state index contributed by atoms with van der Waals surface area (Å²) in [4.78, 5) is 14.2. The largest absolute Gasteiger partial charge is 0.396 e. The molecule has 0 unspecified atom stereocenters. The number of aliphatic hydroxyl groups is 1. The fourth-order valence-electron chi connectivity index (χ4n) is 3.09. The van der Waals surface area contributed by atoms with Crippen LogP contribution in [0.25, 0.3) is 0 Å². The van der Waals surface area contributed by atoms with E-state index < -0.39 is 0 Å². The van der Waals surface area contributed by atoms with Crippen LogP contribution in [0.15, 0.2) is 24.3 Å². The maximum Gasteiger partial charge on any atom is 0.222 e. The summed E-state index contributed by atoms with van der Waals surface area (Å²) in [6.07, 6.45) is 5.21. The Balaban J connectivity index is 1.80. The minimum absolute atomic E-state index is 0.178. The standard InChI is InChI=1S/C18H24N2O2/c1-20(17-9-6-16(13-21)7-10-17)18(22)11-8-14-2-4-15(12-19)5-3-14/h2-5,16-17,21H,6-11,13H2,1H3. The molecule has 0 atom stereocenters. The van der Waals surface area contributed by atoms with Crippen LogP contribution in [-0.2, 0) is 11.2 Å². The van der Waals surface area contributed by atoms with Crippen molar-refractivity contribution in [1.82, 2.24) is 4.90 Å². The van der Waals surface area contributed by atoms with Gasteiger partial charge in [0.1, 0.15) is 0 Å². The van der Waals surface area contributed by atoms with Crippen molar-refractivity contribution < 1.29 is 9.90 Å².